The highest BCUT2D eigenvalue weighted by molar-refractivity contribution is 5.78. The number of carbonyl (C=O) groups is 2. The number of piperidine rings is 1. The second-order valence-electron chi connectivity index (χ2n) is 5.97. The van der Waals surface area contributed by atoms with Crippen LogP contribution in [0, 0.1) is 11.3 Å². The van der Waals surface area contributed by atoms with Crippen molar-refractivity contribution in [3.63, 3.8) is 0 Å². The van der Waals surface area contributed by atoms with Crippen LogP contribution in [0.25, 0.3) is 0 Å². The Balaban J connectivity index is 1.83. The van der Waals surface area contributed by atoms with Crippen LogP contribution in [-0.4, -0.2) is 66.6 Å². The van der Waals surface area contributed by atoms with Gasteiger partial charge in [0.05, 0.1) is 5.41 Å². The molecule has 0 radical (unpaired) electrons. The number of urea groups is 1. The Bertz CT molecular complexity index is 374. The summed E-state index contributed by atoms with van der Waals surface area (Å²) in [4.78, 5) is 25.3. The summed E-state index contributed by atoms with van der Waals surface area (Å²) in [6.45, 7) is 2.37. The van der Waals surface area contributed by atoms with E-state index >= 15 is 0 Å². The van der Waals surface area contributed by atoms with Crippen molar-refractivity contribution in [3.05, 3.63) is 0 Å². The van der Waals surface area contributed by atoms with E-state index in [9.17, 15) is 14.7 Å². The molecule has 2 amide bonds. The van der Waals surface area contributed by atoms with Crippen LogP contribution >= 0.6 is 0 Å². The highest BCUT2D eigenvalue weighted by atomic mass is 16.5. The molecule has 2 saturated heterocycles. The fraction of sp³-hybridized carbons (Fsp3) is 0.857. The quantitative estimate of drug-likeness (QED) is 0.692. The van der Waals surface area contributed by atoms with Crippen molar-refractivity contribution >= 4 is 12.0 Å². The smallest absolute Gasteiger partial charge is 0.317 e. The van der Waals surface area contributed by atoms with Gasteiger partial charge in [0.25, 0.3) is 0 Å². The molecule has 7 heteroatoms. The molecule has 2 aliphatic rings. The monoisotopic (exact) mass is 300 g/mol. The van der Waals surface area contributed by atoms with E-state index in [0.29, 0.717) is 39.1 Å². The zero-order valence-corrected chi connectivity index (χ0v) is 12.2. The van der Waals surface area contributed by atoms with Crippen LogP contribution in [0.3, 0.4) is 0 Å². The summed E-state index contributed by atoms with van der Waals surface area (Å²) in [6, 6.07) is -0.210. The zero-order valence-electron chi connectivity index (χ0n) is 12.2. The number of amides is 2. The van der Waals surface area contributed by atoms with Crippen molar-refractivity contribution < 1.29 is 24.5 Å². The maximum atomic E-state index is 12.1. The second-order valence-corrected chi connectivity index (χ2v) is 5.97. The Kier molecular flexibility index (Phi) is 5.41. The zero-order chi connectivity index (χ0) is 15.3. The molecule has 0 aromatic heterocycles. The summed E-state index contributed by atoms with van der Waals surface area (Å²) < 4.78 is 5.21. The minimum absolute atomic E-state index is 0.143. The largest absolute Gasteiger partial charge is 0.481 e. The molecule has 0 atom stereocenters. The van der Waals surface area contributed by atoms with Crippen molar-refractivity contribution in [1.29, 1.82) is 0 Å². The molecule has 3 N–H and O–H groups in total. The Hall–Kier alpha value is -1.34. The van der Waals surface area contributed by atoms with Gasteiger partial charge >= 0.3 is 12.0 Å². The van der Waals surface area contributed by atoms with Crippen molar-refractivity contribution in [2.24, 2.45) is 11.3 Å². The van der Waals surface area contributed by atoms with E-state index in [1.54, 1.807) is 4.90 Å². The lowest BCUT2D eigenvalue weighted by atomic mass is 9.80. The number of carboxylic acids is 1. The number of likely N-dealkylation sites (tertiary alicyclic amines) is 1. The highest BCUT2D eigenvalue weighted by Gasteiger charge is 2.40. The third kappa shape index (κ3) is 3.85. The van der Waals surface area contributed by atoms with Crippen LogP contribution in [0.5, 0.6) is 0 Å². The summed E-state index contributed by atoms with van der Waals surface area (Å²) in [5.74, 6) is -0.597. The van der Waals surface area contributed by atoms with E-state index < -0.39 is 11.4 Å². The number of hydrogen-bond acceptors (Lipinski definition) is 4. The standard InChI is InChI=1S/C14H24N2O5/c17-9-11-1-5-16(6-2-11)13(20)15-10-14(12(18)19)3-7-21-8-4-14/h11,17H,1-10H2,(H,15,20)(H,18,19). The fourth-order valence-corrected chi connectivity index (χ4v) is 2.90. The van der Waals surface area contributed by atoms with Crippen molar-refractivity contribution in [1.82, 2.24) is 10.2 Å². The molecular weight excluding hydrogens is 276 g/mol. The maximum absolute atomic E-state index is 12.1. The molecule has 0 aromatic rings. The summed E-state index contributed by atoms with van der Waals surface area (Å²) in [7, 11) is 0. The van der Waals surface area contributed by atoms with Gasteiger partial charge in [0.15, 0.2) is 0 Å². The molecule has 2 fully saturated rings. The number of aliphatic carboxylic acids is 1. The lowest BCUT2D eigenvalue weighted by Gasteiger charge is -2.35. The maximum Gasteiger partial charge on any atom is 0.317 e. The van der Waals surface area contributed by atoms with E-state index in [-0.39, 0.29) is 25.1 Å². The van der Waals surface area contributed by atoms with Gasteiger partial charge in [0, 0.05) is 39.5 Å². The molecule has 2 rings (SSSR count). The van der Waals surface area contributed by atoms with Gasteiger partial charge in [-0.05, 0) is 31.6 Å². The first-order valence-electron chi connectivity index (χ1n) is 7.52. The number of aliphatic hydroxyl groups is 1. The van der Waals surface area contributed by atoms with E-state index in [0.717, 1.165) is 12.8 Å². The fourth-order valence-electron chi connectivity index (χ4n) is 2.90. The molecule has 21 heavy (non-hydrogen) atoms. The van der Waals surface area contributed by atoms with Crippen LogP contribution < -0.4 is 5.32 Å². The van der Waals surface area contributed by atoms with Gasteiger partial charge in [-0.25, -0.2) is 4.79 Å². The van der Waals surface area contributed by atoms with Crippen molar-refractivity contribution in [2.45, 2.75) is 25.7 Å². The lowest BCUT2D eigenvalue weighted by Crippen LogP contribution is -2.51. The minimum Gasteiger partial charge on any atom is -0.481 e. The van der Waals surface area contributed by atoms with Crippen LogP contribution in [0.2, 0.25) is 0 Å². The number of carbonyl (C=O) groups excluding carboxylic acids is 1. The topological polar surface area (TPSA) is 99.1 Å². The first kappa shape index (κ1) is 16.0. The summed E-state index contributed by atoms with van der Waals surface area (Å²) in [5, 5.41) is 21.3. The van der Waals surface area contributed by atoms with Gasteiger partial charge in [0.2, 0.25) is 0 Å². The first-order valence-corrected chi connectivity index (χ1v) is 7.52. The molecule has 0 aromatic carbocycles. The minimum atomic E-state index is -0.905. The molecule has 7 nitrogen and oxygen atoms in total. The van der Waals surface area contributed by atoms with Gasteiger partial charge < -0.3 is 25.2 Å². The number of ether oxygens (including phenoxy) is 1. The predicted octanol–water partition coefficient (Wildman–Crippen LogP) is 0.282. The Morgan fingerprint density at radius 2 is 1.86 bits per heavy atom. The second kappa shape index (κ2) is 7.09. The van der Waals surface area contributed by atoms with Crippen molar-refractivity contribution in [3.8, 4) is 0 Å². The van der Waals surface area contributed by atoms with Gasteiger partial charge in [0.1, 0.15) is 0 Å². The average molecular weight is 300 g/mol. The normalized spacial score (nSPS) is 22.8. The third-order valence-electron chi connectivity index (χ3n) is 4.64. The summed E-state index contributed by atoms with van der Waals surface area (Å²) in [5.41, 5.74) is -0.905. The highest BCUT2D eigenvalue weighted by Crippen LogP contribution is 2.30. The predicted molar refractivity (Wildman–Crippen MR) is 74.9 cm³/mol. The molecule has 0 saturated carbocycles. The average Bonchev–Trinajstić information content (AvgIpc) is 2.53. The molecule has 120 valence electrons. The lowest BCUT2D eigenvalue weighted by molar-refractivity contribution is -0.154. The Morgan fingerprint density at radius 3 is 2.38 bits per heavy atom. The van der Waals surface area contributed by atoms with Crippen LogP contribution in [0.1, 0.15) is 25.7 Å². The number of hydrogen-bond donors (Lipinski definition) is 3. The SMILES string of the molecule is O=C(NCC1(C(=O)O)CCOCC1)N1CCC(CO)CC1. The molecule has 0 aliphatic carbocycles. The van der Waals surface area contributed by atoms with Crippen molar-refractivity contribution in [2.75, 3.05) is 39.5 Å². The van der Waals surface area contributed by atoms with Gasteiger partial charge in [-0.3, -0.25) is 4.79 Å². The van der Waals surface area contributed by atoms with E-state index in [2.05, 4.69) is 5.32 Å². The van der Waals surface area contributed by atoms with E-state index in [1.165, 1.54) is 0 Å². The van der Waals surface area contributed by atoms with Crippen LogP contribution in [0.15, 0.2) is 0 Å². The number of nitrogens with zero attached hydrogens (tertiary/aromatic N) is 1. The van der Waals surface area contributed by atoms with Crippen LogP contribution in [-0.2, 0) is 9.53 Å². The number of nitrogens with one attached hydrogen (secondary N) is 1. The summed E-state index contributed by atoms with van der Waals surface area (Å²) >= 11 is 0. The molecule has 0 spiro atoms. The molecule has 0 unspecified atom stereocenters. The Morgan fingerprint density at radius 1 is 1.24 bits per heavy atom. The summed E-state index contributed by atoms with van der Waals surface area (Å²) in [6.07, 6.45) is 2.44. The van der Waals surface area contributed by atoms with E-state index in [1.807, 2.05) is 0 Å². The number of aliphatic hydroxyl groups excluding tert-OH is 1. The van der Waals surface area contributed by atoms with Gasteiger partial charge in [-0.1, -0.05) is 0 Å². The van der Waals surface area contributed by atoms with Crippen LogP contribution in [0.4, 0.5) is 4.79 Å². The molecule has 0 bridgehead atoms. The van der Waals surface area contributed by atoms with Gasteiger partial charge in [-0.15, -0.1) is 0 Å². The first-order chi connectivity index (χ1) is 10.1. The van der Waals surface area contributed by atoms with E-state index in [4.69, 9.17) is 9.84 Å². The Labute approximate surface area is 124 Å². The third-order valence-corrected chi connectivity index (χ3v) is 4.64. The molecule has 2 heterocycles. The molecule has 2 aliphatic heterocycles. The number of carboxylic acid groups (broad SMARTS) is 1. The van der Waals surface area contributed by atoms with Gasteiger partial charge in [-0.2, -0.15) is 0 Å². The number of rotatable bonds is 4. The molecular formula is C14H24N2O5.